The molecule has 0 saturated heterocycles. The smallest absolute Gasteiger partial charge is 0.382 e. The summed E-state index contributed by atoms with van der Waals surface area (Å²) in [7, 11) is 0. The van der Waals surface area contributed by atoms with E-state index in [1.807, 2.05) is 0 Å². The largest absolute Gasteiger partial charge is 0.457 e. The highest BCUT2D eigenvalue weighted by Gasteiger charge is 2.19. The molecule has 0 amide bonds. The molecule has 0 saturated carbocycles. The van der Waals surface area contributed by atoms with E-state index in [0.717, 1.165) is 0 Å². The average molecular weight is 657 g/mol. The molecule has 0 aliphatic carbocycles. The zero-order valence-electron chi connectivity index (χ0n) is 26.1. The third kappa shape index (κ3) is 19.9. The van der Waals surface area contributed by atoms with Crippen LogP contribution in [0.2, 0.25) is 0 Å². The number of ether oxygens (including phenoxy) is 2. The Labute approximate surface area is 294 Å². The van der Waals surface area contributed by atoms with Gasteiger partial charge in [0.05, 0.1) is 12.5 Å². The fraction of sp³-hybridized carbons (Fsp3) is 0. The highest BCUT2D eigenvalue weighted by atomic mass is 16.7. The molecule has 2 heterocycles. The van der Waals surface area contributed by atoms with Gasteiger partial charge in [0.25, 0.3) is 0 Å². The van der Waals surface area contributed by atoms with E-state index in [1.54, 1.807) is 0 Å². The van der Waals surface area contributed by atoms with Gasteiger partial charge in [-0.2, -0.15) is 0 Å². The highest BCUT2D eigenvalue weighted by molar-refractivity contribution is 5.88. The lowest BCUT2D eigenvalue weighted by atomic mass is 10.4. The summed E-state index contributed by atoms with van der Waals surface area (Å²) in [4.78, 5) is 24.2. The van der Waals surface area contributed by atoms with Gasteiger partial charge in [-0.05, 0) is 123 Å². The Hall–Kier alpha value is -10.2. The summed E-state index contributed by atoms with van der Waals surface area (Å²) in [6.45, 7) is 3.31. The van der Waals surface area contributed by atoms with Gasteiger partial charge in [-0.1, -0.05) is 5.73 Å². The molecule has 0 unspecified atom stereocenters. The van der Waals surface area contributed by atoms with Crippen LogP contribution >= 0.6 is 0 Å². The number of furan rings is 2. The van der Waals surface area contributed by atoms with Crippen molar-refractivity contribution in [3.05, 3.63) is 256 Å². The first kappa shape index (κ1) is 37.9. The van der Waals surface area contributed by atoms with Crippen LogP contribution in [0.3, 0.4) is 0 Å². The van der Waals surface area contributed by atoms with Crippen molar-refractivity contribution >= 4 is 11.9 Å². The lowest BCUT2D eigenvalue weighted by molar-refractivity contribution is 0.0199. The number of carbonyl (C=O) groups is 2. The molecule has 0 bridgehead atoms. The minimum atomic E-state index is -0.940. The summed E-state index contributed by atoms with van der Waals surface area (Å²) in [5.41, 5.74) is 83.6. The molecule has 0 fully saturated rings. The monoisotopic (exact) mass is 656 g/mol. The second-order valence-electron chi connectivity index (χ2n) is 7.32. The minimum Gasteiger partial charge on any atom is -0.457 e. The topological polar surface area (TPSA) is 78.9 Å². The minimum absolute atomic E-state index is 0.133. The Bertz CT molecular complexity index is 3110. The van der Waals surface area contributed by atoms with Crippen molar-refractivity contribution in [3.63, 3.8) is 0 Å². The molecule has 0 aliphatic rings. The van der Waals surface area contributed by atoms with E-state index in [-0.39, 0.29) is 11.5 Å². The molecule has 0 aliphatic heterocycles. The van der Waals surface area contributed by atoms with E-state index in [4.69, 9.17) is 18.3 Å². The van der Waals surface area contributed by atoms with Gasteiger partial charge in [0.15, 0.2) is 0 Å². The average Bonchev–Trinajstić information content (AvgIpc) is 3.90. The number of carbonyl (C=O) groups excluding carboxylic acids is 2. The van der Waals surface area contributed by atoms with Crippen molar-refractivity contribution in [2.24, 2.45) is 0 Å². The maximum Gasteiger partial charge on any atom is 0.382 e. The Morgan fingerprint density at radius 2 is 0.654 bits per heavy atom. The van der Waals surface area contributed by atoms with Crippen molar-refractivity contribution in [1.29, 1.82) is 0 Å². The summed E-state index contributed by atoms with van der Waals surface area (Å²) in [5.74, 6) is -2.79. The number of esters is 2. The fourth-order valence-electron chi connectivity index (χ4n) is 2.19. The summed E-state index contributed by atoms with van der Waals surface area (Å²) < 4.78 is 19.8. The van der Waals surface area contributed by atoms with Gasteiger partial charge < -0.3 is 18.3 Å². The van der Waals surface area contributed by atoms with E-state index in [1.165, 1.54) is 36.8 Å². The van der Waals surface area contributed by atoms with Crippen molar-refractivity contribution < 1.29 is 27.9 Å². The number of rotatable bonds is 4. The van der Waals surface area contributed by atoms with Crippen LogP contribution in [0.25, 0.3) is 0 Å². The third-order valence-electron chi connectivity index (χ3n) is 4.01. The lowest BCUT2D eigenvalue weighted by Gasteiger charge is -2.03. The Morgan fingerprint density at radius 1 is 0.404 bits per heavy atom. The van der Waals surface area contributed by atoms with Gasteiger partial charge in [-0.3, -0.25) is 0 Å². The zero-order valence-corrected chi connectivity index (χ0v) is 26.1. The van der Waals surface area contributed by atoms with Crippen LogP contribution in [0.15, 0.2) is 253 Å². The molecule has 228 valence electrons. The molecular weight excluding hydrogens is 649 g/mol. The van der Waals surface area contributed by atoms with Gasteiger partial charge in [-0.15, -0.1) is 0 Å². The zero-order chi connectivity index (χ0) is 37.0. The SMILES string of the molecule is C=C=C=C=C=C=C=C=C=C=C=C=C=C=C=C=C=C=C=C=C=C=C=C=C=C=C=C=C=C=C=C=C=C=C=C(OC(=O)c1ccco1)OC(=O)c1ccco1. The summed E-state index contributed by atoms with van der Waals surface area (Å²) in [6, 6.07) is 5.67. The Morgan fingerprint density at radius 3 is 0.885 bits per heavy atom. The first-order valence-electron chi connectivity index (χ1n) is 13.4. The molecule has 6 nitrogen and oxygen atoms in total. The maximum atomic E-state index is 12.1. The molecular formula is C46H8O6. The van der Waals surface area contributed by atoms with Crippen LogP contribution in [0.5, 0.6) is 0 Å². The van der Waals surface area contributed by atoms with E-state index in [9.17, 15) is 9.59 Å². The predicted molar refractivity (Wildman–Crippen MR) is 177 cm³/mol. The van der Waals surface area contributed by atoms with E-state index >= 15 is 0 Å². The third-order valence-corrected chi connectivity index (χ3v) is 4.01. The second kappa shape index (κ2) is 27.1. The highest BCUT2D eigenvalue weighted by Crippen LogP contribution is 2.11. The molecule has 2 aromatic rings. The van der Waals surface area contributed by atoms with Crippen LogP contribution in [0.4, 0.5) is 0 Å². The van der Waals surface area contributed by atoms with Gasteiger partial charge in [0.1, 0.15) is 0 Å². The van der Waals surface area contributed by atoms with Crippen LogP contribution < -0.4 is 0 Å². The Kier molecular flexibility index (Phi) is 19.8. The van der Waals surface area contributed by atoms with Crippen molar-refractivity contribution in [1.82, 2.24) is 0 Å². The van der Waals surface area contributed by atoms with Crippen LogP contribution in [0, 0.1) is 0 Å². The van der Waals surface area contributed by atoms with E-state index < -0.39 is 17.9 Å². The standard InChI is InChI=1S/C46H8O6/c1-2-3-4-5-6-7-8-9-10-11-12-13-14-15-16-17-18-19-20-21-22-23-24-25-26-27-28-29-30-31-32-33-34-39-44(51-45(47)42-37-35-40-49-42)52-46(48)43-38-36-41-50-43/h35-38,40-41H,1H2. The van der Waals surface area contributed by atoms with Gasteiger partial charge in [-0.25, -0.2) is 9.59 Å². The van der Waals surface area contributed by atoms with Crippen LogP contribution in [0.1, 0.15) is 21.1 Å². The van der Waals surface area contributed by atoms with Gasteiger partial charge in [0.2, 0.25) is 11.5 Å². The summed E-state index contributed by atoms with van der Waals surface area (Å²) in [6.07, 6.45) is 2.54. The number of hydrogen-bond donors (Lipinski definition) is 0. The molecule has 0 atom stereocenters. The van der Waals surface area contributed by atoms with Crippen molar-refractivity contribution in [2.45, 2.75) is 0 Å². The molecule has 0 spiro atoms. The van der Waals surface area contributed by atoms with E-state index in [2.05, 4.69) is 201 Å². The van der Waals surface area contributed by atoms with Gasteiger partial charge in [0, 0.05) is 97.4 Å². The Balaban J connectivity index is 2.28. The molecule has 2 rings (SSSR count). The molecule has 52 heavy (non-hydrogen) atoms. The van der Waals surface area contributed by atoms with Crippen molar-refractivity contribution in [2.75, 3.05) is 0 Å². The maximum absolute atomic E-state index is 12.1. The molecule has 2 aromatic heterocycles. The number of hydrogen-bond acceptors (Lipinski definition) is 6. The van der Waals surface area contributed by atoms with Crippen LogP contribution in [-0.2, 0) is 9.47 Å². The quantitative estimate of drug-likeness (QED) is 0.191. The van der Waals surface area contributed by atoms with E-state index in [0.29, 0.717) is 0 Å². The van der Waals surface area contributed by atoms with Crippen LogP contribution in [-0.4, -0.2) is 11.9 Å². The molecule has 0 aromatic carbocycles. The fourth-order valence-corrected chi connectivity index (χ4v) is 2.19. The second-order valence-corrected chi connectivity index (χ2v) is 7.32. The van der Waals surface area contributed by atoms with Crippen molar-refractivity contribution in [3.8, 4) is 0 Å². The lowest BCUT2D eigenvalue weighted by Crippen LogP contribution is -2.10. The first-order valence-corrected chi connectivity index (χ1v) is 13.4. The molecule has 0 radical (unpaired) electrons. The molecule has 0 N–H and O–H groups in total. The predicted octanol–water partition coefficient (Wildman–Crippen LogP) is 7.63. The normalized spacial score (nSPS) is 6.00. The van der Waals surface area contributed by atoms with Gasteiger partial charge >= 0.3 is 17.9 Å². The molecule has 6 heteroatoms. The summed E-state index contributed by atoms with van der Waals surface area (Å²) in [5, 5.41) is 0. The summed E-state index contributed by atoms with van der Waals surface area (Å²) >= 11 is 0. The first-order chi connectivity index (χ1) is 25.7.